The smallest absolute Gasteiger partial charge is 0.278 e. The summed E-state index contributed by atoms with van der Waals surface area (Å²) in [5.41, 5.74) is 2.78. The predicted molar refractivity (Wildman–Crippen MR) is 137 cm³/mol. The van der Waals surface area contributed by atoms with E-state index >= 15 is 0 Å². The number of carbonyl (C=O) groups excluding carboxylic acids is 1. The number of halogens is 3. The van der Waals surface area contributed by atoms with Gasteiger partial charge in [-0.05, 0) is 42.0 Å². The highest BCUT2D eigenvalue weighted by molar-refractivity contribution is 6.09. The van der Waals surface area contributed by atoms with Gasteiger partial charge >= 0.3 is 0 Å². The Bertz CT molecular complexity index is 1640. The molecule has 3 saturated heterocycles. The minimum absolute atomic E-state index is 0.00877. The van der Waals surface area contributed by atoms with Crippen molar-refractivity contribution in [2.75, 3.05) is 36.1 Å². The van der Waals surface area contributed by atoms with Gasteiger partial charge in [0.2, 0.25) is 0 Å². The lowest BCUT2D eigenvalue weighted by molar-refractivity contribution is -0.111. The first-order chi connectivity index (χ1) is 18.9. The van der Waals surface area contributed by atoms with E-state index in [-0.39, 0.29) is 35.9 Å². The van der Waals surface area contributed by atoms with Crippen LogP contribution in [0.25, 0.3) is 5.65 Å². The zero-order valence-corrected chi connectivity index (χ0v) is 20.8. The summed E-state index contributed by atoms with van der Waals surface area (Å²) in [5, 5.41) is 11.5. The fraction of sp³-hybridized carbons (Fsp3) is 0.321. The van der Waals surface area contributed by atoms with Gasteiger partial charge in [-0.25, -0.2) is 32.7 Å². The van der Waals surface area contributed by atoms with Crippen molar-refractivity contribution in [1.29, 1.82) is 0 Å². The molecule has 39 heavy (non-hydrogen) atoms. The average molecular weight is 532 g/mol. The van der Waals surface area contributed by atoms with Gasteiger partial charge in [0.15, 0.2) is 5.65 Å². The lowest BCUT2D eigenvalue weighted by Gasteiger charge is -2.63. The van der Waals surface area contributed by atoms with Crippen LogP contribution in [0.15, 0.2) is 60.9 Å². The van der Waals surface area contributed by atoms with Crippen LogP contribution < -0.4 is 15.2 Å². The Morgan fingerprint density at radius 2 is 1.90 bits per heavy atom. The minimum atomic E-state index is -1.24. The van der Waals surface area contributed by atoms with Crippen molar-refractivity contribution in [3.63, 3.8) is 0 Å². The molecule has 8 nitrogen and oxygen atoms in total. The summed E-state index contributed by atoms with van der Waals surface area (Å²) in [6.07, 6.45) is 1.92. The zero-order valence-electron chi connectivity index (χ0n) is 20.8. The third-order valence-electron chi connectivity index (χ3n) is 8.66. The van der Waals surface area contributed by atoms with Gasteiger partial charge in [-0.15, -0.1) is 0 Å². The van der Waals surface area contributed by atoms with Crippen LogP contribution in [0.1, 0.15) is 40.0 Å². The van der Waals surface area contributed by atoms with E-state index in [0.717, 1.165) is 43.5 Å². The van der Waals surface area contributed by atoms with Crippen molar-refractivity contribution < 1.29 is 18.0 Å². The molecule has 3 fully saturated rings. The van der Waals surface area contributed by atoms with Crippen LogP contribution >= 0.6 is 0 Å². The quantitative estimate of drug-likeness (QED) is 0.434. The normalized spacial score (nSPS) is 25.1. The number of amides is 1. The summed E-state index contributed by atoms with van der Waals surface area (Å²) in [4.78, 5) is 20.4. The number of nitrogens with zero attached hydrogens (tertiary/aromatic N) is 6. The number of carbonyl (C=O) groups is 1. The molecule has 1 spiro atoms. The molecule has 3 atom stereocenters. The second-order valence-corrected chi connectivity index (χ2v) is 11.0. The van der Waals surface area contributed by atoms with Crippen LogP contribution in [0.5, 0.6) is 0 Å². The molecule has 198 valence electrons. The second kappa shape index (κ2) is 8.03. The van der Waals surface area contributed by atoms with E-state index in [4.69, 9.17) is 4.98 Å². The molecule has 1 unspecified atom stereocenters. The van der Waals surface area contributed by atoms with E-state index in [1.54, 1.807) is 22.2 Å². The summed E-state index contributed by atoms with van der Waals surface area (Å²) in [5.74, 6) is -1.08. The lowest BCUT2D eigenvalue weighted by atomic mass is 9.66. The standard InChI is InChI=1S/C28H24F3N7O/c29-17-3-6-22(31)20(9-17)23-10-18(30)12-35(23)24-7-8-36-26(34-24)21(11-33-36)27(39)38-19-4-1-16(2-5-19)25-28(13-32-14-28)15-37(25)38/h1-9,11,18,23,25,32H,10,12-15H2/t18-,23+,25?/m0/s1. The molecule has 2 aromatic heterocycles. The van der Waals surface area contributed by atoms with Gasteiger partial charge in [-0.1, -0.05) is 12.1 Å². The molecule has 0 radical (unpaired) electrons. The van der Waals surface area contributed by atoms with Gasteiger partial charge in [0, 0.05) is 43.2 Å². The van der Waals surface area contributed by atoms with Crippen LogP contribution in [0.3, 0.4) is 0 Å². The van der Waals surface area contributed by atoms with Crippen LogP contribution in [0, 0.1) is 17.0 Å². The lowest BCUT2D eigenvalue weighted by Crippen LogP contribution is -2.75. The Labute approximate surface area is 221 Å². The number of hydrogen-bond donors (Lipinski definition) is 1. The van der Waals surface area contributed by atoms with Crippen LogP contribution in [0.4, 0.5) is 24.7 Å². The van der Waals surface area contributed by atoms with E-state index in [2.05, 4.69) is 27.6 Å². The van der Waals surface area contributed by atoms with Gasteiger partial charge < -0.3 is 10.2 Å². The van der Waals surface area contributed by atoms with Gasteiger partial charge in [-0.2, -0.15) is 5.10 Å². The van der Waals surface area contributed by atoms with Gasteiger partial charge in [-0.3, -0.25) is 4.79 Å². The van der Waals surface area contributed by atoms with Crippen molar-refractivity contribution in [2.45, 2.75) is 24.7 Å². The maximum Gasteiger partial charge on any atom is 0.278 e. The summed E-state index contributed by atoms with van der Waals surface area (Å²) in [6.45, 7) is 2.57. The summed E-state index contributed by atoms with van der Waals surface area (Å²) in [6, 6.07) is 12.3. The maximum atomic E-state index is 14.7. The number of fused-ring (bicyclic) bond motifs is 3. The third-order valence-corrected chi connectivity index (χ3v) is 8.66. The molecule has 11 heteroatoms. The van der Waals surface area contributed by atoms with Crippen LogP contribution in [0.2, 0.25) is 0 Å². The topological polar surface area (TPSA) is 69.0 Å². The fourth-order valence-corrected chi connectivity index (χ4v) is 6.73. The predicted octanol–water partition coefficient (Wildman–Crippen LogP) is 3.82. The zero-order chi connectivity index (χ0) is 26.5. The van der Waals surface area contributed by atoms with E-state index in [1.165, 1.54) is 16.3 Å². The number of aromatic nitrogens is 3. The molecule has 0 aliphatic carbocycles. The monoisotopic (exact) mass is 531 g/mol. The van der Waals surface area contributed by atoms with Crippen LogP contribution in [-0.4, -0.2) is 57.9 Å². The van der Waals surface area contributed by atoms with E-state index in [1.807, 2.05) is 12.1 Å². The van der Waals surface area contributed by atoms with Gasteiger partial charge in [0.05, 0.1) is 30.5 Å². The van der Waals surface area contributed by atoms with Gasteiger partial charge in [0.25, 0.3) is 5.91 Å². The van der Waals surface area contributed by atoms with Crippen molar-refractivity contribution in [3.8, 4) is 0 Å². The highest BCUT2D eigenvalue weighted by atomic mass is 19.1. The molecule has 1 amide bonds. The SMILES string of the molecule is O=C(c1cnn2ccc(N3C[C@@H](F)C[C@@H]3c3cc(F)ccc3F)nc12)N1c2ccc(cc2)C2N1CC21CNC1. The molecule has 2 aromatic carbocycles. The van der Waals surface area contributed by atoms with Crippen molar-refractivity contribution >= 4 is 23.1 Å². The number of hydrogen-bond acceptors (Lipinski definition) is 6. The molecular weight excluding hydrogens is 507 g/mol. The fourth-order valence-electron chi connectivity index (χ4n) is 6.73. The Morgan fingerprint density at radius 1 is 1.08 bits per heavy atom. The molecule has 5 aliphatic heterocycles. The molecular formula is C28H24F3N7O. The molecule has 1 N–H and O–H groups in total. The number of hydrazine groups is 1. The molecule has 4 aromatic rings. The average Bonchev–Trinajstić information content (AvgIpc) is 3.44. The van der Waals surface area contributed by atoms with Crippen molar-refractivity contribution in [1.82, 2.24) is 24.9 Å². The highest BCUT2D eigenvalue weighted by Crippen LogP contribution is 2.54. The number of benzene rings is 2. The summed E-state index contributed by atoms with van der Waals surface area (Å²) >= 11 is 0. The number of alkyl halides is 1. The van der Waals surface area contributed by atoms with Gasteiger partial charge in [0.1, 0.15) is 29.2 Å². The number of nitrogens with one attached hydrogen (secondary N) is 1. The van der Waals surface area contributed by atoms with E-state index < -0.39 is 23.8 Å². The Kier molecular flexibility index (Phi) is 4.73. The number of anilines is 2. The summed E-state index contributed by atoms with van der Waals surface area (Å²) < 4.78 is 44.8. The first-order valence-electron chi connectivity index (χ1n) is 13.0. The maximum absolute atomic E-state index is 14.7. The van der Waals surface area contributed by atoms with E-state index in [0.29, 0.717) is 17.0 Å². The Balaban J connectivity index is 1.17. The Morgan fingerprint density at radius 3 is 2.67 bits per heavy atom. The van der Waals surface area contributed by atoms with Crippen molar-refractivity contribution in [2.24, 2.45) is 5.41 Å². The second-order valence-electron chi connectivity index (χ2n) is 11.0. The highest BCUT2D eigenvalue weighted by Gasteiger charge is 2.60. The molecule has 7 heterocycles. The van der Waals surface area contributed by atoms with Crippen molar-refractivity contribution in [3.05, 3.63) is 89.2 Å². The van der Waals surface area contributed by atoms with E-state index in [9.17, 15) is 18.0 Å². The third kappa shape index (κ3) is 3.23. The molecule has 5 aliphatic rings. The summed E-state index contributed by atoms with van der Waals surface area (Å²) in [7, 11) is 0. The first-order valence-corrected chi connectivity index (χ1v) is 13.0. The molecule has 9 rings (SSSR count). The largest absolute Gasteiger partial charge is 0.346 e. The first kappa shape index (κ1) is 23.0. The molecule has 2 bridgehead atoms. The minimum Gasteiger partial charge on any atom is -0.346 e. The van der Waals surface area contributed by atoms with Crippen LogP contribution in [-0.2, 0) is 0 Å². The molecule has 0 saturated carbocycles. The Hall–Kier alpha value is -3.96. The number of rotatable bonds is 3.